The van der Waals surface area contributed by atoms with Crippen LogP contribution in [0, 0.1) is 0 Å². The van der Waals surface area contributed by atoms with Gasteiger partial charge in [0.25, 0.3) is 0 Å². The van der Waals surface area contributed by atoms with E-state index in [-0.39, 0.29) is 0 Å². The summed E-state index contributed by atoms with van der Waals surface area (Å²) in [4.78, 5) is 0. The van der Waals surface area contributed by atoms with Crippen molar-refractivity contribution in [3.05, 3.63) is 35.9 Å². The lowest BCUT2D eigenvalue weighted by molar-refractivity contribution is -0.176. The molecular formula is C14H22O2. The normalized spacial score (nSPS) is 17.9. The first-order chi connectivity index (χ1) is 7.97. The molecule has 0 aromatic heterocycles. The molecule has 0 heterocycles. The molecule has 1 aromatic carbocycles. The predicted molar refractivity (Wildman–Crippen MR) is 66.8 cm³/mol. The molecular weight excluding hydrogens is 200 g/mol. The third-order valence-corrected chi connectivity index (χ3v) is 3.38. The highest BCUT2D eigenvalue weighted by Gasteiger charge is 2.12. The van der Waals surface area contributed by atoms with Crippen LogP contribution in [0.4, 0.5) is 0 Å². The van der Waals surface area contributed by atoms with E-state index in [4.69, 9.17) is 10.5 Å². The summed E-state index contributed by atoms with van der Waals surface area (Å²) in [5, 5.41) is 12.0. The van der Waals surface area contributed by atoms with Crippen LogP contribution in [0.25, 0.3) is 0 Å². The lowest BCUT2D eigenvalue weighted by Gasteiger charge is -2.19. The van der Waals surface area contributed by atoms with Crippen LogP contribution < -0.4 is 0 Å². The van der Waals surface area contributed by atoms with Gasteiger partial charge < -0.3 is 0 Å². The summed E-state index contributed by atoms with van der Waals surface area (Å²) in [7, 11) is 0. The molecule has 2 nitrogen and oxygen atoms in total. The van der Waals surface area contributed by atoms with Gasteiger partial charge in [0, 0.05) is 0 Å². The van der Waals surface area contributed by atoms with Crippen molar-refractivity contribution in [3.63, 3.8) is 0 Å². The van der Waals surface area contributed by atoms with Gasteiger partial charge in [0.05, 0.1) is 0 Å². The number of hydrogen-bond acceptors (Lipinski definition) is 2. The fourth-order valence-electron chi connectivity index (χ4n) is 2.51. The summed E-state index contributed by atoms with van der Waals surface area (Å²) in [5.74, 6) is 0.844. The maximum absolute atomic E-state index is 6.00. The van der Waals surface area contributed by atoms with E-state index in [1.165, 1.54) is 44.9 Å². The van der Waals surface area contributed by atoms with Gasteiger partial charge >= 0.3 is 0 Å². The molecule has 0 radical (unpaired) electrons. The van der Waals surface area contributed by atoms with E-state index in [1.807, 2.05) is 0 Å². The SMILES string of the molecule is OO.c1ccc(C2CCCCCCC2)cc1. The lowest BCUT2D eigenvalue weighted by atomic mass is 9.86. The minimum Gasteiger partial charge on any atom is -0.255 e. The molecule has 0 amide bonds. The molecule has 1 saturated carbocycles. The second-order valence-corrected chi connectivity index (χ2v) is 4.45. The van der Waals surface area contributed by atoms with Crippen molar-refractivity contribution in [1.82, 2.24) is 0 Å². The van der Waals surface area contributed by atoms with Gasteiger partial charge in [0.2, 0.25) is 0 Å². The maximum Gasteiger partial charge on any atom is -0.0162 e. The van der Waals surface area contributed by atoms with Crippen molar-refractivity contribution in [2.45, 2.75) is 50.9 Å². The van der Waals surface area contributed by atoms with Gasteiger partial charge in [-0.05, 0) is 24.3 Å². The predicted octanol–water partition coefficient (Wildman–Crippen LogP) is 4.53. The Bertz CT molecular complexity index is 251. The van der Waals surface area contributed by atoms with E-state index in [0.717, 1.165) is 5.92 Å². The molecule has 0 saturated heterocycles. The molecule has 1 aliphatic rings. The second kappa shape index (κ2) is 8.31. The molecule has 1 aliphatic carbocycles. The third-order valence-electron chi connectivity index (χ3n) is 3.38. The molecule has 0 aliphatic heterocycles. The van der Waals surface area contributed by atoms with Crippen LogP contribution in [0.5, 0.6) is 0 Å². The first-order valence-electron chi connectivity index (χ1n) is 6.22. The molecule has 90 valence electrons. The van der Waals surface area contributed by atoms with Crippen LogP contribution in [-0.2, 0) is 0 Å². The zero-order valence-corrected chi connectivity index (χ0v) is 9.81. The zero-order valence-electron chi connectivity index (χ0n) is 9.81. The second-order valence-electron chi connectivity index (χ2n) is 4.45. The third kappa shape index (κ3) is 4.33. The van der Waals surface area contributed by atoms with Crippen molar-refractivity contribution >= 4 is 0 Å². The maximum atomic E-state index is 6.00. The van der Waals surface area contributed by atoms with Gasteiger partial charge in [0.15, 0.2) is 0 Å². The Morgan fingerprint density at radius 1 is 0.750 bits per heavy atom. The summed E-state index contributed by atoms with van der Waals surface area (Å²) < 4.78 is 0. The highest BCUT2D eigenvalue weighted by molar-refractivity contribution is 5.19. The summed E-state index contributed by atoms with van der Waals surface area (Å²) in [6, 6.07) is 11.1. The van der Waals surface area contributed by atoms with Crippen molar-refractivity contribution in [2.24, 2.45) is 0 Å². The van der Waals surface area contributed by atoms with Crippen LogP contribution in [-0.4, -0.2) is 10.5 Å². The molecule has 1 fully saturated rings. The highest BCUT2D eigenvalue weighted by Crippen LogP contribution is 2.30. The minimum absolute atomic E-state index is 0.844. The van der Waals surface area contributed by atoms with E-state index in [9.17, 15) is 0 Å². The van der Waals surface area contributed by atoms with Gasteiger partial charge in [-0.15, -0.1) is 0 Å². The van der Waals surface area contributed by atoms with E-state index in [2.05, 4.69) is 30.3 Å². The molecule has 0 atom stereocenters. The fourth-order valence-corrected chi connectivity index (χ4v) is 2.51. The van der Waals surface area contributed by atoms with Crippen molar-refractivity contribution in [2.75, 3.05) is 0 Å². The molecule has 2 N–H and O–H groups in total. The summed E-state index contributed by atoms with van der Waals surface area (Å²) in [5.41, 5.74) is 1.56. The van der Waals surface area contributed by atoms with Crippen LogP contribution in [0.3, 0.4) is 0 Å². The zero-order chi connectivity index (χ0) is 11.6. The Balaban J connectivity index is 0.000000606. The molecule has 0 unspecified atom stereocenters. The number of rotatable bonds is 1. The first kappa shape index (κ1) is 13.2. The Labute approximate surface area is 97.9 Å². The standard InChI is InChI=1S/C14H20.H2O2/c1-2-5-9-13(10-6-3-1)14-11-7-4-8-12-14;1-2/h4,7-8,11-13H,1-3,5-6,9-10H2;1-2H. The van der Waals surface area contributed by atoms with Crippen LogP contribution in [0.1, 0.15) is 56.4 Å². The van der Waals surface area contributed by atoms with E-state index < -0.39 is 0 Å². The molecule has 2 rings (SSSR count). The van der Waals surface area contributed by atoms with Crippen molar-refractivity contribution in [3.8, 4) is 0 Å². The Kier molecular flexibility index (Phi) is 6.86. The van der Waals surface area contributed by atoms with Crippen molar-refractivity contribution < 1.29 is 10.5 Å². The largest absolute Gasteiger partial charge is 0.255 e. The monoisotopic (exact) mass is 222 g/mol. The molecule has 1 aromatic rings. The fraction of sp³-hybridized carbons (Fsp3) is 0.571. The quantitative estimate of drug-likeness (QED) is 0.541. The van der Waals surface area contributed by atoms with Crippen molar-refractivity contribution in [1.29, 1.82) is 0 Å². The Morgan fingerprint density at radius 2 is 1.25 bits per heavy atom. The van der Waals surface area contributed by atoms with Gasteiger partial charge in [-0.3, -0.25) is 10.5 Å². The Hall–Kier alpha value is -0.860. The van der Waals surface area contributed by atoms with E-state index in [0.29, 0.717) is 0 Å². The molecule has 0 spiro atoms. The van der Waals surface area contributed by atoms with Gasteiger partial charge in [0.1, 0.15) is 0 Å². The molecule has 2 heteroatoms. The summed E-state index contributed by atoms with van der Waals surface area (Å²) >= 11 is 0. The molecule has 0 bridgehead atoms. The lowest BCUT2D eigenvalue weighted by Crippen LogP contribution is -2.01. The summed E-state index contributed by atoms with van der Waals surface area (Å²) in [6.07, 6.45) is 10.0. The van der Waals surface area contributed by atoms with Crippen LogP contribution in [0.2, 0.25) is 0 Å². The van der Waals surface area contributed by atoms with Crippen LogP contribution >= 0.6 is 0 Å². The van der Waals surface area contributed by atoms with Gasteiger partial charge in [-0.1, -0.05) is 62.4 Å². The number of benzene rings is 1. The van der Waals surface area contributed by atoms with Gasteiger partial charge in [-0.2, -0.15) is 0 Å². The van der Waals surface area contributed by atoms with E-state index in [1.54, 1.807) is 5.56 Å². The highest BCUT2D eigenvalue weighted by atomic mass is 17.0. The average molecular weight is 222 g/mol. The minimum atomic E-state index is 0.844. The smallest absolute Gasteiger partial charge is 0.0162 e. The number of hydrogen-bond donors (Lipinski definition) is 2. The summed E-state index contributed by atoms with van der Waals surface area (Å²) in [6.45, 7) is 0. The van der Waals surface area contributed by atoms with E-state index >= 15 is 0 Å². The average Bonchev–Trinajstić information content (AvgIpc) is 2.32. The van der Waals surface area contributed by atoms with Gasteiger partial charge in [-0.25, -0.2) is 0 Å². The van der Waals surface area contributed by atoms with Crippen LogP contribution in [0.15, 0.2) is 30.3 Å². The topological polar surface area (TPSA) is 40.5 Å². The first-order valence-corrected chi connectivity index (χ1v) is 6.22. The Morgan fingerprint density at radius 3 is 1.81 bits per heavy atom. The molecule has 16 heavy (non-hydrogen) atoms.